The van der Waals surface area contributed by atoms with E-state index in [0.717, 1.165) is 13.0 Å². The molecule has 0 radical (unpaired) electrons. The molecule has 0 aromatic heterocycles. The molecule has 5 nitrogen and oxygen atoms in total. The number of rotatable bonds is 4. The Morgan fingerprint density at radius 2 is 2.06 bits per heavy atom. The monoisotopic (exact) mass is 263 g/mol. The zero-order valence-electron chi connectivity index (χ0n) is 10.6. The van der Waals surface area contributed by atoms with Crippen molar-refractivity contribution in [2.45, 2.75) is 33.2 Å². The van der Waals surface area contributed by atoms with E-state index in [1.165, 1.54) is 0 Å². The highest BCUT2D eigenvalue weighted by Gasteiger charge is 2.36. The Morgan fingerprint density at radius 3 is 2.53 bits per heavy atom. The first-order valence-corrected chi connectivity index (χ1v) is 5.72. The first-order chi connectivity index (χ1) is 7.44. The maximum Gasteiger partial charge on any atom is 0.239 e. The van der Waals surface area contributed by atoms with Gasteiger partial charge in [-0.3, -0.25) is 9.59 Å². The molecule has 1 saturated heterocycles. The van der Waals surface area contributed by atoms with Crippen LogP contribution in [0.3, 0.4) is 0 Å². The topological polar surface area (TPSA) is 70.2 Å². The van der Waals surface area contributed by atoms with Gasteiger partial charge in [-0.05, 0) is 33.7 Å². The van der Waals surface area contributed by atoms with Crippen LogP contribution in [0.5, 0.6) is 0 Å². The van der Waals surface area contributed by atoms with Gasteiger partial charge in [0.2, 0.25) is 11.8 Å². The second-order valence-electron chi connectivity index (χ2n) is 4.89. The van der Waals surface area contributed by atoms with Gasteiger partial charge >= 0.3 is 0 Å². The van der Waals surface area contributed by atoms with Crippen LogP contribution in [0.25, 0.3) is 0 Å². The molecule has 1 fully saturated rings. The molecular formula is C11H22ClN3O2. The minimum Gasteiger partial charge on any atom is -0.352 e. The Bertz CT molecular complexity index is 276. The van der Waals surface area contributed by atoms with Gasteiger partial charge in [0.25, 0.3) is 0 Å². The fourth-order valence-electron chi connectivity index (χ4n) is 1.76. The van der Waals surface area contributed by atoms with E-state index in [1.807, 2.05) is 20.8 Å². The Labute approximate surface area is 109 Å². The number of nitrogens with one attached hydrogen (secondary N) is 3. The Morgan fingerprint density at radius 1 is 1.41 bits per heavy atom. The zero-order valence-corrected chi connectivity index (χ0v) is 11.4. The Balaban J connectivity index is 0.00000256. The maximum atomic E-state index is 11.8. The van der Waals surface area contributed by atoms with E-state index in [1.54, 1.807) is 0 Å². The highest BCUT2D eigenvalue weighted by Crippen LogP contribution is 2.24. The van der Waals surface area contributed by atoms with E-state index < -0.39 is 0 Å². The quantitative estimate of drug-likeness (QED) is 0.671. The highest BCUT2D eigenvalue weighted by molar-refractivity contribution is 5.88. The molecule has 2 amide bonds. The van der Waals surface area contributed by atoms with Gasteiger partial charge in [-0.1, -0.05) is 0 Å². The molecule has 100 valence electrons. The van der Waals surface area contributed by atoms with Crippen molar-refractivity contribution in [2.24, 2.45) is 5.41 Å². The van der Waals surface area contributed by atoms with E-state index in [0.29, 0.717) is 6.54 Å². The van der Waals surface area contributed by atoms with Gasteiger partial charge in [-0.15, -0.1) is 12.4 Å². The number of carbonyl (C=O) groups is 2. The third kappa shape index (κ3) is 4.91. The van der Waals surface area contributed by atoms with Gasteiger partial charge in [0, 0.05) is 12.6 Å². The number of carbonyl (C=O) groups excluding carboxylic acids is 2. The van der Waals surface area contributed by atoms with Crippen molar-refractivity contribution < 1.29 is 9.59 Å². The summed E-state index contributed by atoms with van der Waals surface area (Å²) in [5, 5.41) is 8.56. The average Bonchev–Trinajstić information content (AvgIpc) is 2.62. The molecule has 17 heavy (non-hydrogen) atoms. The van der Waals surface area contributed by atoms with Crippen LogP contribution in [0, 0.1) is 5.41 Å². The van der Waals surface area contributed by atoms with Gasteiger partial charge in [-0.2, -0.15) is 0 Å². The summed E-state index contributed by atoms with van der Waals surface area (Å²) in [5.74, 6) is -0.186. The average molecular weight is 264 g/mol. The van der Waals surface area contributed by atoms with E-state index in [2.05, 4.69) is 16.0 Å². The summed E-state index contributed by atoms with van der Waals surface area (Å²) < 4.78 is 0. The molecule has 0 saturated carbocycles. The normalized spacial score (nSPS) is 23.1. The van der Waals surface area contributed by atoms with Crippen LogP contribution in [0.4, 0.5) is 0 Å². The van der Waals surface area contributed by atoms with Gasteiger partial charge in [0.05, 0.1) is 12.0 Å². The second kappa shape index (κ2) is 6.81. The maximum absolute atomic E-state index is 11.8. The lowest BCUT2D eigenvalue weighted by Crippen LogP contribution is -2.45. The Kier molecular flexibility index (Phi) is 6.49. The van der Waals surface area contributed by atoms with Crippen molar-refractivity contribution in [1.29, 1.82) is 0 Å². The van der Waals surface area contributed by atoms with Crippen LogP contribution >= 0.6 is 12.4 Å². The van der Waals surface area contributed by atoms with Crippen LogP contribution in [-0.4, -0.2) is 37.5 Å². The molecule has 1 atom stereocenters. The summed E-state index contributed by atoms with van der Waals surface area (Å²) >= 11 is 0. The third-order valence-corrected chi connectivity index (χ3v) is 2.78. The molecule has 0 aromatic rings. The van der Waals surface area contributed by atoms with Crippen LogP contribution in [0.2, 0.25) is 0 Å². The van der Waals surface area contributed by atoms with E-state index in [-0.39, 0.29) is 42.2 Å². The lowest BCUT2D eigenvalue weighted by Gasteiger charge is -2.21. The van der Waals surface area contributed by atoms with Gasteiger partial charge in [0.1, 0.15) is 0 Å². The Hall–Kier alpha value is -0.810. The molecule has 0 aromatic carbocycles. The minimum absolute atomic E-state index is 0. The van der Waals surface area contributed by atoms with Crippen molar-refractivity contribution in [1.82, 2.24) is 16.0 Å². The van der Waals surface area contributed by atoms with Gasteiger partial charge < -0.3 is 16.0 Å². The second-order valence-corrected chi connectivity index (χ2v) is 4.89. The van der Waals surface area contributed by atoms with E-state index in [4.69, 9.17) is 0 Å². The van der Waals surface area contributed by atoms with Crippen LogP contribution < -0.4 is 16.0 Å². The van der Waals surface area contributed by atoms with Crippen molar-refractivity contribution >= 4 is 24.2 Å². The fourth-order valence-corrected chi connectivity index (χ4v) is 1.76. The van der Waals surface area contributed by atoms with E-state index >= 15 is 0 Å². The third-order valence-electron chi connectivity index (χ3n) is 2.78. The molecule has 6 heteroatoms. The lowest BCUT2D eigenvalue weighted by atomic mass is 9.89. The van der Waals surface area contributed by atoms with Crippen LogP contribution in [0.15, 0.2) is 0 Å². The molecule has 1 aliphatic heterocycles. The molecule has 1 unspecified atom stereocenters. The van der Waals surface area contributed by atoms with E-state index in [9.17, 15) is 9.59 Å². The molecule has 3 N–H and O–H groups in total. The lowest BCUT2D eigenvalue weighted by molar-refractivity contribution is -0.131. The number of hydrogen-bond acceptors (Lipinski definition) is 3. The first-order valence-electron chi connectivity index (χ1n) is 5.72. The van der Waals surface area contributed by atoms with Crippen molar-refractivity contribution in [2.75, 3.05) is 19.6 Å². The predicted octanol–water partition coefficient (Wildman–Crippen LogP) is 0.0486. The fraction of sp³-hybridized carbons (Fsp3) is 0.818. The summed E-state index contributed by atoms with van der Waals surface area (Å²) in [6.07, 6.45) is 0.824. The number of halogens is 1. The van der Waals surface area contributed by atoms with Crippen molar-refractivity contribution in [3.8, 4) is 0 Å². The van der Waals surface area contributed by atoms with Crippen molar-refractivity contribution in [3.05, 3.63) is 0 Å². The molecule has 1 rings (SSSR count). The smallest absolute Gasteiger partial charge is 0.239 e. The predicted molar refractivity (Wildman–Crippen MR) is 69.1 cm³/mol. The van der Waals surface area contributed by atoms with Crippen LogP contribution in [0.1, 0.15) is 27.2 Å². The molecule has 0 spiro atoms. The van der Waals surface area contributed by atoms with Gasteiger partial charge in [-0.25, -0.2) is 0 Å². The number of hydrogen-bond donors (Lipinski definition) is 3. The highest BCUT2D eigenvalue weighted by atomic mass is 35.5. The largest absolute Gasteiger partial charge is 0.352 e. The van der Waals surface area contributed by atoms with Crippen LogP contribution in [-0.2, 0) is 9.59 Å². The summed E-state index contributed by atoms with van der Waals surface area (Å²) in [6, 6.07) is 0.105. The molecule has 0 bridgehead atoms. The SMILES string of the molecule is CC(C)NC(=O)CNC(=O)C1(C)CCNC1.Cl. The summed E-state index contributed by atoms with van der Waals surface area (Å²) in [7, 11) is 0. The molecule has 0 aliphatic carbocycles. The zero-order chi connectivity index (χ0) is 12.2. The first kappa shape index (κ1) is 16.2. The minimum atomic E-state index is -0.363. The summed E-state index contributed by atoms with van der Waals surface area (Å²) in [6.45, 7) is 7.31. The van der Waals surface area contributed by atoms with Gasteiger partial charge in [0.15, 0.2) is 0 Å². The number of amides is 2. The molecular weight excluding hydrogens is 242 g/mol. The standard InChI is InChI=1S/C11H21N3O2.ClH/c1-8(2)14-9(15)6-13-10(16)11(3)4-5-12-7-11;/h8,12H,4-7H2,1-3H3,(H,13,16)(H,14,15);1H. The summed E-state index contributed by atoms with van der Waals surface area (Å²) in [4.78, 5) is 23.2. The van der Waals surface area contributed by atoms with Crippen molar-refractivity contribution in [3.63, 3.8) is 0 Å². The molecule has 1 aliphatic rings. The molecule has 1 heterocycles. The summed E-state index contributed by atoms with van der Waals surface area (Å²) in [5.41, 5.74) is -0.363.